The number of rotatable bonds is 2. The predicted octanol–water partition coefficient (Wildman–Crippen LogP) is 1.63. The molecule has 2 rings (SSSR count). The molecule has 0 amide bonds. The Bertz CT molecular complexity index is 179. The molecule has 3 unspecified atom stereocenters. The number of nitrogens with zero attached hydrogens (tertiary/aromatic N) is 1. The summed E-state index contributed by atoms with van der Waals surface area (Å²) in [4.78, 5) is 2.42. The summed E-state index contributed by atoms with van der Waals surface area (Å²) in [5.41, 5.74) is 0. The minimum Gasteiger partial charge on any atom is -0.391 e. The molecule has 2 aliphatic rings. The van der Waals surface area contributed by atoms with Gasteiger partial charge in [0.2, 0.25) is 0 Å². The highest BCUT2D eigenvalue weighted by Crippen LogP contribution is 2.34. The average Bonchev–Trinajstić information content (AvgIpc) is 2.91. The van der Waals surface area contributed by atoms with E-state index in [1.54, 1.807) is 0 Å². The third kappa shape index (κ3) is 2.05. The normalized spacial score (nSPS) is 41.1. The van der Waals surface area contributed by atoms with Crippen LogP contribution in [0.2, 0.25) is 0 Å². The largest absolute Gasteiger partial charge is 0.391 e. The maximum atomic E-state index is 9.89. The lowest BCUT2D eigenvalue weighted by Crippen LogP contribution is -2.46. The molecule has 2 saturated carbocycles. The standard InChI is InChI=1S/C11H21NO/c1-8-3-6-11(13)10(7-8)12(2)9-4-5-9/h8-11,13H,3-7H2,1-2H3. The fraction of sp³-hybridized carbons (Fsp3) is 1.00. The van der Waals surface area contributed by atoms with Crippen LogP contribution < -0.4 is 0 Å². The van der Waals surface area contributed by atoms with Gasteiger partial charge in [-0.3, -0.25) is 4.90 Å². The highest BCUT2D eigenvalue weighted by Gasteiger charge is 2.36. The minimum atomic E-state index is -0.0678. The molecule has 13 heavy (non-hydrogen) atoms. The number of aliphatic hydroxyl groups excluding tert-OH is 1. The molecular formula is C11H21NO. The minimum absolute atomic E-state index is 0.0678. The Morgan fingerprint density at radius 2 is 1.85 bits per heavy atom. The van der Waals surface area contributed by atoms with Gasteiger partial charge in [0.1, 0.15) is 0 Å². The number of likely N-dealkylation sites (N-methyl/N-ethyl adjacent to an activating group) is 1. The zero-order chi connectivity index (χ0) is 9.42. The van der Waals surface area contributed by atoms with E-state index in [0.717, 1.165) is 18.4 Å². The van der Waals surface area contributed by atoms with Crippen molar-refractivity contribution in [3.63, 3.8) is 0 Å². The van der Waals surface area contributed by atoms with Crippen molar-refractivity contribution in [2.45, 2.75) is 57.2 Å². The van der Waals surface area contributed by atoms with Crippen LogP contribution in [-0.4, -0.2) is 35.2 Å². The first-order valence-electron chi connectivity index (χ1n) is 5.58. The van der Waals surface area contributed by atoms with Crippen molar-refractivity contribution in [1.82, 2.24) is 4.90 Å². The van der Waals surface area contributed by atoms with Crippen LogP contribution >= 0.6 is 0 Å². The highest BCUT2D eigenvalue weighted by molar-refractivity contribution is 4.92. The van der Waals surface area contributed by atoms with Crippen LogP contribution in [0.1, 0.15) is 39.0 Å². The molecule has 76 valence electrons. The van der Waals surface area contributed by atoms with Gasteiger partial charge in [-0.05, 0) is 45.1 Å². The average molecular weight is 183 g/mol. The quantitative estimate of drug-likeness (QED) is 0.703. The van der Waals surface area contributed by atoms with Crippen molar-refractivity contribution >= 4 is 0 Å². The van der Waals surface area contributed by atoms with Crippen LogP contribution in [0.3, 0.4) is 0 Å². The molecule has 2 fully saturated rings. The van der Waals surface area contributed by atoms with Gasteiger partial charge >= 0.3 is 0 Å². The van der Waals surface area contributed by atoms with Crippen molar-refractivity contribution in [1.29, 1.82) is 0 Å². The maximum absolute atomic E-state index is 9.89. The maximum Gasteiger partial charge on any atom is 0.0695 e. The predicted molar refractivity (Wildman–Crippen MR) is 53.6 cm³/mol. The number of hydrogen-bond acceptors (Lipinski definition) is 2. The second-order valence-electron chi connectivity index (χ2n) is 4.95. The van der Waals surface area contributed by atoms with Crippen LogP contribution in [-0.2, 0) is 0 Å². The molecule has 0 aliphatic heterocycles. The molecule has 0 aromatic heterocycles. The first-order valence-corrected chi connectivity index (χ1v) is 5.58. The van der Waals surface area contributed by atoms with Crippen LogP contribution in [0.15, 0.2) is 0 Å². The van der Waals surface area contributed by atoms with E-state index >= 15 is 0 Å². The summed E-state index contributed by atoms with van der Waals surface area (Å²) in [6.45, 7) is 2.31. The van der Waals surface area contributed by atoms with E-state index in [-0.39, 0.29) is 6.10 Å². The van der Waals surface area contributed by atoms with E-state index in [1.807, 2.05) is 0 Å². The number of aliphatic hydroxyl groups is 1. The van der Waals surface area contributed by atoms with Gasteiger partial charge in [0, 0.05) is 12.1 Å². The zero-order valence-electron chi connectivity index (χ0n) is 8.74. The van der Waals surface area contributed by atoms with Crippen molar-refractivity contribution < 1.29 is 5.11 Å². The molecule has 2 nitrogen and oxygen atoms in total. The summed E-state index contributed by atoms with van der Waals surface area (Å²) in [5.74, 6) is 0.801. The Morgan fingerprint density at radius 3 is 2.46 bits per heavy atom. The Morgan fingerprint density at radius 1 is 1.15 bits per heavy atom. The van der Waals surface area contributed by atoms with Gasteiger partial charge in [0.15, 0.2) is 0 Å². The molecule has 2 heteroatoms. The van der Waals surface area contributed by atoms with Gasteiger partial charge in [-0.2, -0.15) is 0 Å². The van der Waals surface area contributed by atoms with Gasteiger partial charge in [-0.15, -0.1) is 0 Å². The van der Waals surface area contributed by atoms with E-state index in [1.165, 1.54) is 25.7 Å². The third-order valence-electron chi connectivity index (χ3n) is 3.69. The molecule has 1 N–H and O–H groups in total. The van der Waals surface area contributed by atoms with Crippen LogP contribution in [0, 0.1) is 5.92 Å². The summed E-state index contributed by atoms with van der Waals surface area (Å²) < 4.78 is 0. The summed E-state index contributed by atoms with van der Waals surface area (Å²) in [7, 11) is 2.18. The summed E-state index contributed by atoms with van der Waals surface area (Å²) in [5, 5.41) is 9.89. The fourth-order valence-electron chi connectivity index (χ4n) is 2.53. The molecule has 0 aromatic rings. The Kier molecular flexibility index (Phi) is 2.61. The highest BCUT2D eigenvalue weighted by atomic mass is 16.3. The van der Waals surface area contributed by atoms with Crippen molar-refractivity contribution in [2.24, 2.45) is 5.92 Å². The van der Waals surface area contributed by atoms with Gasteiger partial charge in [-0.1, -0.05) is 6.92 Å². The van der Waals surface area contributed by atoms with Crippen LogP contribution in [0.5, 0.6) is 0 Å². The SMILES string of the molecule is CC1CCC(O)C(N(C)C2CC2)C1. The molecule has 0 bridgehead atoms. The van der Waals surface area contributed by atoms with E-state index in [2.05, 4.69) is 18.9 Å². The Hall–Kier alpha value is -0.0800. The molecule has 2 aliphatic carbocycles. The summed E-state index contributed by atoms with van der Waals surface area (Å²) in [6, 6.07) is 1.22. The second kappa shape index (κ2) is 3.58. The van der Waals surface area contributed by atoms with Crippen molar-refractivity contribution in [3.05, 3.63) is 0 Å². The monoisotopic (exact) mass is 183 g/mol. The molecule has 0 saturated heterocycles. The topological polar surface area (TPSA) is 23.5 Å². The fourth-order valence-corrected chi connectivity index (χ4v) is 2.53. The summed E-state index contributed by atoms with van der Waals surface area (Å²) >= 11 is 0. The lowest BCUT2D eigenvalue weighted by molar-refractivity contribution is 0.0138. The van der Waals surface area contributed by atoms with Crippen molar-refractivity contribution in [3.8, 4) is 0 Å². The number of hydrogen-bond donors (Lipinski definition) is 1. The molecule has 3 atom stereocenters. The molecule has 0 aromatic carbocycles. The van der Waals surface area contributed by atoms with Crippen LogP contribution in [0.25, 0.3) is 0 Å². The Balaban J connectivity index is 1.93. The lowest BCUT2D eigenvalue weighted by atomic mass is 9.84. The first-order chi connectivity index (χ1) is 6.18. The summed E-state index contributed by atoms with van der Waals surface area (Å²) in [6.07, 6.45) is 6.01. The molecular weight excluding hydrogens is 162 g/mol. The van der Waals surface area contributed by atoms with E-state index in [0.29, 0.717) is 6.04 Å². The molecule has 0 spiro atoms. The first kappa shape index (κ1) is 9.47. The zero-order valence-corrected chi connectivity index (χ0v) is 8.74. The molecule has 0 radical (unpaired) electrons. The van der Waals surface area contributed by atoms with E-state index in [4.69, 9.17) is 0 Å². The van der Waals surface area contributed by atoms with E-state index in [9.17, 15) is 5.11 Å². The van der Waals surface area contributed by atoms with Crippen LogP contribution in [0.4, 0.5) is 0 Å². The smallest absolute Gasteiger partial charge is 0.0695 e. The lowest BCUT2D eigenvalue weighted by Gasteiger charge is -2.38. The van der Waals surface area contributed by atoms with Gasteiger partial charge in [0.25, 0.3) is 0 Å². The third-order valence-corrected chi connectivity index (χ3v) is 3.69. The van der Waals surface area contributed by atoms with Gasteiger partial charge in [0.05, 0.1) is 6.10 Å². The van der Waals surface area contributed by atoms with E-state index < -0.39 is 0 Å². The molecule has 0 heterocycles. The second-order valence-corrected chi connectivity index (χ2v) is 4.95. The van der Waals surface area contributed by atoms with Gasteiger partial charge < -0.3 is 5.11 Å². The Labute approximate surface area is 80.9 Å². The van der Waals surface area contributed by atoms with Crippen molar-refractivity contribution in [2.75, 3.05) is 7.05 Å². The van der Waals surface area contributed by atoms with Gasteiger partial charge in [-0.25, -0.2) is 0 Å².